The molecule has 1 amide bonds. The molecular weight excluding hydrogens is 364 g/mol. The molecule has 2 aromatic rings. The Kier molecular flexibility index (Phi) is 5.48. The van der Waals surface area contributed by atoms with Gasteiger partial charge in [-0.15, -0.1) is 13.2 Å². The minimum Gasteiger partial charge on any atom is -0.405 e. The van der Waals surface area contributed by atoms with E-state index in [0.717, 1.165) is 35.2 Å². The van der Waals surface area contributed by atoms with Gasteiger partial charge in [-0.2, -0.15) is 13.2 Å². The maximum Gasteiger partial charge on any atom is 0.573 e. The molecule has 0 atom stereocenters. The number of carbonyl (C=O) groups excluding carboxylic acids is 1. The number of halogens is 6. The smallest absolute Gasteiger partial charge is 0.405 e. The van der Waals surface area contributed by atoms with Crippen LogP contribution in [0.15, 0.2) is 48.5 Å². The van der Waals surface area contributed by atoms with Crippen LogP contribution in [0.1, 0.15) is 21.5 Å². The maximum absolute atomic E-state index is 12.5. The van der Waals surface area contributed by atoms with Crippen molar-refractivity contribution in [2.75, 3.05) is 7.05 Å². The first-order valence-corrected chi connectivity index (χ1v) is 7.24. The molecule has 0 bridgehead atoms. The lowest BCUT2D eigenvalue weighted by Gasteiger charge is -2.20. The topological polar surface area (TPSA) is 29.5 Å². The van der Waals surface area contributed by atoms with Crippen LogP contribution in [0.5, 0.6) is 5.75 Å². The SMILES string of the molecule is CN(Cc1ccccc1OC(F)(F)F)C(=O)c1ccc(C(F)(F)F)cc1. The number of hydrogen-bond acceptors (Lipinski definition) is 2. The van der Waals surface area contributed by atoms with Gasteiger partial charge in [-0.25, -0.2) is 0 Å². The number of benzene rings is 2. The van der Waals surface area contributed by atoms with Crippen LogP contribution in [-0.2, 0) is 12.7 Å². The summed E-state index contributed by atoms with van der Waals surface area (Å²) >= 11 is 0. The molecule has 0 aliphatic carbocycles. The summed E-state index contributed by atoms with van der Waals surface area (Å²) in [5.74, 6) is -1.09. The quantitative estimate of drug-likeness (QED) is 0.711. The molecule has 9 heteroatoms. The largest absolute Gasteiger partial charge is 0.573 e. The lowest BCUT2D eigenvalue weighted by molar-refractivity contribution is -0.275. The van der Waals surface area contributed by atoms with Crippen molar-refractivity contribution in [3.05, 3.63) is 65.2 Å². The van der Waals surface area contributed by atoms with Crippen molar-refractivity contribution in [1.29, 1.82) is 0 Å². The molecule has 140 valence electrons. The molecule has 0 saturated carbocycles. The third kappa shape index (κ3) is 5.14. The number of nitrogens with zero attached hydrogens (tertiary/aromatic N) is 1. The Morgan fingerprint density at radius 2 is 1.54 bits per heavy atom. The van der Waals surface area contributed by atoms with E-state index in [0.29, 0.717) is 0 Å². The van der Waals surface area contributed by atoms with E-state index in [2.05, 4.69) is 4.74 Å². The number of alkyl halides is 6. The lowest BCUT2D eigenvalue weighted by Crippen LogP contribution is -2.27. The minimum absolute atomic E-state index is 0.0188. The number of amides is 1. The molecule has 0 spiro atoms. The van der Waals surface area contributed by atoms with Gasteiger partial charge in [0.25, 0.3) is 5.91 Å². The zero-order chi connectivity index (χ0) is 19.5. The van der Waals surface area contributed by atoms with Crippen molar-refractivity contribution < 1.29 is 35.9 Å². The van der Waals surface area contributed by atoms with E-state index < -0.39 is 29.8 Å². The number of ether oxygens (including phenoxy) is 1. The zero-order valence-corrected chi connectivity index (χ0v) is 13.4. The van der Waals surface area contributed by atoms with E-state index >= 15 is 0 Å². The van der Waals surface area contributed by atoms with Crippen molar-refractivity contribution in [1.82, 2.24) is 4.90 Å². The van der Waals surface area contributed by atoms with Crippen molar-refractivity contribution in [3.63, 3.8) is 0 Å². The molecule has 0 aliphatic heterocycles. The molecule has 3 nitrogen and oxygen atoms in total. The van der Waals surface area contributed by atoms with Gasteiger partial charge in [-0.1, -0.05) is 18.2 Å². The molecule has 2 rings (SSSR count). The van der Waals surface area contributed by atoms with Gasteiger partial charge in [0, 0.05) is 24.7 Å². The molecular formula is C17H13F6NO2. The Morgan fingerprint density at radius 3 is 2.08 bits per heavy atom. The summed E-state index contributed by atoms with van der Waals surface area (Å²) in [6.07, 6.45) is -9.41. The van der Waals surface area contributed by atoms with Crippen LogP contribution in [0.4, 0.5) is 26.3 Å². The van der Waals surface area contributed by atoms with Crippen molar-refractivity contribution in [2.24, 2.45) is 0 Å². The number of rotatable bonds is 4. The highest BCUT2D eigenvalue weighted by Crippen LogP contribution is 2.30. The van der Waals surface area contributed by atoms with E-state index in [4.69, 9.17) is 0 Å². The summed E-state index contributed by atoms with van der Waals surface area (Å²) in [6.45, 7) is -0.216. The molecule has 0 fully saturated rings. The fourth-order valence-corrected chi connectivity index (χ4v) is 2.21. The maximum atomic E-state index is 12.5. The first-order valence-electron chi connectivity index (χ1n) is 7.24. The second-order valence-electron chi connectivity index (χ2n) is 5.39. The first kappa shape index (κ1) is 19.6. The molecule has 0 N–H and O–H groups in total. The molecule has 2 aromatic carbocycles. The molecule has 0 unspecified atom stereocenters. The third-order valence-electron chi connectivity index (χ3n) is 3.41. The van der Waals surface area contributed by atoms with Gasteiger partial charge in [-0.3, -0.25) is 4.79 Å². The fraction of sp³-hybridized carbons (Fsp3) is 0.235. The first-order chi connectivity index (χ1) is 12.0. The Balaban J connectivity index is 2.15. The Morgan fingerprint density at radius 1 is 0.962 bits per heavy atom. The van der Waals surface area contributed by atoms with Gasteiger partial charge < -0.3 is 9.64 Å². The zero-order valence-electron chi connectivity index (χ0n) is 13.4. The number of carbonyl (C=O) groups is 1. The molecule has 26 heavy (non-hydrogen) atoms. The van der Waals surface area contributed by atoms with E-state index in [1.165, 1.54) is 25.2 Å². The van der Waals surface area contributed by atoms with Gasteiger partial charge in [0.15, 0.2) is 0 Å². The number of hydrogen-bond donors (Lipinski definition) is 0. The molecule has 0 aromatic heterocycles. The van der Waals surface area contributed by atoms with Crippen LogP contribution < -0.4 is 4.74 Å². The Bertz CT molecular complexity index is 768. The van der Waals surface area contributed by atoms with E-state index in [9.17, 15) is 31.1 Å². The summed E-state index contributed by atoms with van der Waals surface area (Å²) in [4.78, 5) is 13.4. The van der Waals surface area contributed by atoms with Gasteiger partial charge in [0.2, 0.25) is 0 Å². The Labute approximate surface area is 144 Å². The molecule has 0 saturated heterocycles. The predicted molar refractivity (Wildman–Crippen MR) is 80.4 cm³/mol. The second-order valence-corrected chi connectivity index (χ2v) is 5.39. The van der Waals surface area contributed by atoms with Gasteiger partial charge in [0.05, 0.1) is 5.56 Å². The second kappa shape index (κ2) is 7.27. The predicted octanol–water partition coefficient (Wildman–Crippen LogP) is 4.88. The van der Waals surface area contributed by atoms with Crippen LogP contribution in [0.2, 0.25) is 0 Å². The highest BCUT2D eigenvalue weighted by Gasteiger charge is 2.32. The third-order valence-corrected chi connectivity index (χ3v) is 3.41. The van der Waals surface area contributed by atoms with Crippen LogP contribution >= 0.6 is 0 Å². The fourth-order valence-electron chi connectivity index (χ4n) is 2.21. The average molecular weight is 377 g/mol. The van der Waals surface area contributed by atoms with Crippen molar-refractivity contribution in [2.45, 2.75) is 19.1 Å². The lowest BCUT2D eigenvalue weighted by atomic mass is 10.1. The van der Waals surface area contributed by atoms with Crippen molar-refractivity contribution in [3.8, 4) is 5.75 Å². The summed E-state index contributed by atoms with van der Waals surface area (Å²) in [5.41, 5.74) is -0.817. The highest BCUT2D eigenvalue weighted by molar-refractivity contribution is 5.94. The molecule has 0 aliphatic rings. The monoisotopic (exact) mass is 377 g/mol. The summed E-state index contributed by atoms with van der Waals surface area (Å²) < 4.78 is 78.8. The van der Waals surface area contributed by atoms with E-state index in [1.807, 2.05) is 0 Å². The summed E-state index contributed by atoms with van der Waals surface area (Å²) in [7, 11) is 1.32. The normalized spacial score (nSPS) is 12.0. The van der Waals surface area contributed by atoms with Crippen LogP contribution in [0.25, 0.3) is 0 Å². The molecule has 0 heterocycles. The van der Waals surface area contributed by atoms with E-state index in [1.54, 1.807) is 0 Å². The number of para-hydroxylation sites is 1. The van der Waals surface area contributed by atoms with Crippen LogP contribution in [-0.4, -0.2) is 24.2 Å². The Hall–Kier alpha value is -2.71. The summed E-state index contributed by atoms with van der Waals surface area (Å²) in [6, 6.07) is 8.86. The molecule has 0 radical (unpaired) electrons. The standard InChI is InChI=1S/C17H13F6NO2/c1-24(10-12-4-2-3-5-14(12)26-17(21,22)23)15(25)11-6-8-13(9-7-11)16(18,19)20/h2-9H,10H2,1H3. The van der Waals surface area contributed by atoms with Gasteiger partial charge in [-0.05, 0) is 30.3 Å². The van der Waals surface area contributed by atoms with Gasteiger partial charge >= 0.3 is 12.5 Å². The van der Waals surface area contributed by atoms with Crippen LogP contribution in [0, 0.1) is 0 Å². The van der Waals surface area contributed by atoms with Crippen molar-refractivity contribution >= 4 is 5.91 Å². The summed E-state index contributed by atoms with van der Waals surface area (Å²) in [5, 5.41) is 0. The van der Waals surface area contributed by atoms with Crippen LogP contribution in [0.3, 0.4) is 0 Å². The van der Waals surface area contributed by atoms with Gasteiger partial charge in [0.1, 0.15) is 5.75 Å². The van der Waals surface area contributed by atoms with E-state index in [-0.39, 0.29) is 17.7 Å². The average Bonchev–Trinajstić information content (AvgIpc) is 2.54. The minimum atomic E-state index is -4.88. The highest BCUT2D eigenvalue weighted by atomic mass is 19.4.